The molecule has 1 aromatic heterocycles. The van der Waals surface area contributed by atoms with Crippen molar-refractivity contribution < 1.29 is 13.2 Å². The maximum absolute atomic E-state index is 12.9. The van der Waals surface area contributed by atoms with E-state index in [0.717, 1.165) is 12.1 Å². The largest absolute Gasteiger partial charge is 0.391 e. The molecule has 1 aromatic rings. The second-order valence-electron chi connectivity index (χ2n) is 5.32. The van der Waals surface area contributed by atoms with Gasteiger partial charge in [-0.25, -0.2) is 4.68 Å². The molecule has 8 heteroatoms. The lowest BCUT2D eigenvalue weighted by atomic mass is 9.76. The second-order valence-corrected chi connectivity index (χ2v) is 6.07. The van der Waals surface area contributed by atoms with Crippen LogP contribution in [0.1, 0.15) is 37.4 Å². The van der Waals surface area contributed by atoms with Gasteiger partial charge in [0.2, 0.25) is 0 Å². The molecule has 0 spiro atoms. The summed E-state index contributed by atoms with van der Waals surface area (Å²) in [5.74, 6) is -1.26. The van der Waals surface area contributed by atoms with Crippen LogP contribution < -0.4 is 5.32 Å². The zero-order valence-corrected chi connectivity index (χ0v) is 13.0. The van der Waals surface area contributed by atoms with Crippen molar-refractivity contribution in [1.82, 2.24) is 20.3 Å². The van der Waals surface area contributed by atoms with Crippen LogP contribution in [-0.4, -0.2) is 28.2 Å². The number of hydrogen-bond donors (Lipinski definition) is 1. The van der Waals surface area contributed by atoms with Crippen molar-refractivity contribution in [3.8, 4) is 0 Å². The molecular weight excluding hydrogens is 337 g/mol. The van der Waals surface area contributed by atoms with E-state index < -0.39 is 12.1 Å². The summed E-state index contributed by atoms with van der Waals surface area (Å²) in [5.41, 5.74) is 0.806. The second kappa shape index (κ2) is 6.01. The minimum Gasteiger partial charge on any atom is -0.311 e. The molecule has 1 aliphatic rings. The van der Waals surface area contributed by atoms with E-state index in [4.69, 9.17) is 0 Å². The van der Waals surface area contributed by atoms with E-state index in [0.29, 0.717) is 11.0 Å². The molecule has 2 rings (SSSR count). The smallest absolute Gasteiger partial charge is 0.311 e. The Labute approximate surface area is 124 Å². The van der Waals surface area contributed by atoms with Crippen LogP contribution in [0.25, 0.3) is 0 Å². The number of aryl methyl sites for hydroxylation is 1. The van der Waals surface area contributed by atoms with Crippen LogP contribution in [0.15, 0.2) is 4.60 Å². The minimum atomic E-state index is -4.10. The van der Waals surface area contributed by atoms with Crippen molar-refractivity contribution in [2.24, 2.45) is 18.9 Å². The monoisotopic (exact) mass is 354 g/mol. The van der Waals surface area contributed by atoms with Gasteiger partial charge in [-0.2, -0.15) is 13.2 Å². The Morgan fingerprint density at radius 1 is 1.40 bits per heavy atom. The van der Waals surface area contributed by atoms with Crippen LogP contribution in [0.2, 0.25) is 0 Å². The Balaban J connectivity index is 2.20. The number of halogens is 4. The Kier molecular flexibility index (Phi) is 4.73. The van der Waals surface area contributed by atoms with Gasteiger partial charge in [-0.15, -0.1) is 5.10 Å². The van der Waals surface area contributed by atoms with E-state index in [1.165, 1.54) is 0 Å². The lowest BCUT2D eigenvalue weighted by Crippen LogP contribution is -2.35. The molecule has 20 heavy (non-hydrogen) atoms. The number of rotatable bonds is 3. The summed E-state index contributed by atoms with van der Waals surface area (Å²) in [6, 6.07) is -0.172. The van der Waals surface area contributed by atoms with Crippen LogP contribution in [0, 0.1) is 11.8 Å². The van der Waals surface area contributed by atoms with Crippen molar-refractivity contribution in [3.63, 3.8) is 0 Å². The Morgan fingerprint density at radius 3 is 2.60 bits per heavy atom. The minimum absolute atomic E-state index is 0.0612. The predicted octanol–water partition coefficient (Wildman–Crippen LogP) is 3.21. The SMILES string of the molecule is CNC(c1c(Br)nnn1C)C1CCCC(C(F)(F)F)C1. The highest BCUT2D eigenvalue weighted by atomic mass is 79.9. The summed E-state index contributed by atoms with van der Waals surface area (Å²) in [5, 5.41) is 10.9. The highest BCUT2D eigenvalue weighted by Crippen LogP contribution is 2.44. The first kappa shape index (κ1) is 15.8. The van der Waals surface area contributed by atoms with Gasteiger partial charge in [0.05, 0.1) is 17.7 Å². The molecule has 3 unspecified atom stereocenters. The van der Waals surface area contributed by atoms with E-state index in [9.17, 15) is 13.2 Å². The van der Waals surface area contributed by atoms with Crippen molar-refractivity contribution in [2.75, 3.05) is 7.05 Å². The van der Waals surface area contributed by atoms with Gasteiger partial charge in [0.15, 0.2) is 4.60 Å². The molecule has 114 valence electrons. The van der Waals surface area contributed by atoms with Gasteiger partial charge in [0.25, 0.3) is 0 Å². The third-order valence-electron chi connectivity index (χ3n) is 4.08. The standard InChI is InChI=1S/C12H18BrF3N4/c1-17-9(10-11(13)18-19-20(10)2)7-4-3-5-8(6-7)12(14,15)16/h7-9,17H,3-6H2,1-2H3. The lowest BCUT2D eigenvalue weighted by Gasteiger charge is -2.35. The number of nitrogens with one attached hydrogen (secondary N) is 1. The van der Waals surface area contributed by atoms with Crippen LogP contribution >= 0.6 is 15.9 Å². The summed E-state index contributed by atoms with van der Waals surface area (Å²) in [7, 11) is 3.52. The van der Waals surface area contributed by atoms with Crippen molar-refractivity contribution in [1.29, 1.82) is 0 Å². The third kappa shape index (κ3) is 3.16. The molecule has 0 aromatic carbocycles. The molecule has 1 aliphatic carbocycles. The van der Waals surface area contributed by atoms with Gasteiger partial charge in [-0.1, -0.05) is 11.6 Å². The van der Waals surface area contributed by atoms with E-state index in [1.807, 2.05) is 0 Å². The molecule has 0 radical (unpaired) electrons. The molecule has 1 N–H and O–H groups in total. The van der Waals surface area contributed by atoms with Crippen LogP contribution in [0.3, 0.4) is 0 Å². The predicted molar refractivity (Wildman–Crippen MR) is 72.0 cm³/mol. The van der Waals surface area contributed by atoms with Gasteiger partial charge in [0.1, 0.15) is 0 Å². The van der Waals surface area contributed by atoms with Crippen LogP contribution in [0.5, 0.6) is 0 Å². The molecule has 4 nitrogen and oxygen atoms in total. The Morgan fingerprint density at radius 2 is 2.10 bits per heavy atom. The fourth-order valence-corrected chi connectivity index (χ4v) is 3.67. The first-order valence-electron chi connectivity index (χ1n) is 6.63. The lowest BCUT2D eigenvalue weighted by molar-refractivity contribution is -0.186. The van der Waals surface area contributed by atoms with E-state index in [-0.39, 0.29) is 24.8 Å². The molecule has 1 fully saturated rings. The highest BCUT2D eigenvalue weighted by Gasteiger charge is 2.44. The van der Waals surface area contributed by atoms with Gasteiger partial charge in [-0.3, -0.25) is 0 Å². The van der Waals surface area contributed by atoms with Crippen LogP contribution in [0.4, 0.5) is 13.2 Å². The third-order valence-corrected chi connectivity index (χ3v) is 4.65. The molecule has 0 bridgehead atoms. The zero-order valence-electron chi connectivity index (χ0n) is 11.4. The fraction of sp³-hybridized carbons (Fsp3) is 0.833. The van der Waals surface area contributed by atoms with Crippen molar-refractivity contribution in [3.05, 3.63) is 10.3 Å². The summed E-state index contributed by atoms with van der Waals surface area (Å²) in [4.78, 5) is 0. The number of alkyl halides is 3. The number of nitrogens with zero attached hydrogens (tertiary/aromatic N) is 3. The van der Waals surface area contributed by atoms with Gasteiger partial charge < -0.3 is 5.32 Å². The maximum Gasteiger partial charge on any atom is 0.391 e. The number of aromatic nitrogens is 3. The molecule has 3 atom stereocenters. The zero-order chi connectivity index (χ0) is 14.9. The van der Waals surface area contributed by atoms with Crippen LogP contribution in [-0.2, 0) is 7.05 Å². The van der Waals surface area contributed by atoms with E-state index in [2.05, 4.69) is 31.6 Å². The normalized spacial score (nSPS) is 25.7. The van der Waals surface area contributed by atoms with E-state index in [1.54, 1.807) is 18.8 Å². The molecule has 0 saturated heterocycles. The Hall–Kier alpha value is -0.630. The van der Waals surface area contributed by atoms with Crippen molar-refractivity contribution in [2.45, 2.75) is 37.9 Å². The fourth-order valence-electron chi connectivity index (χ4n) is 3.09. The number of hydrogen-bond acceptors (Lipinski definition) is 3. The maximum atomic E-state index is 12.9. The van der Waals surface area contributed by atoms with Gasteiger partial charge >= 0.3 is 6.18 Å². The molecule has 1 saturated carbocycles. The highest BCUT2D eigenvalue weighted by molar-refractivity contribution is 9.10. The van der Waals surface area contributed by atoms with Gasteiger partial charge in [-0.05, 0) is 48.2 Å². The summed E-state index contributed by atoms with van der Waals surface area (Å²) >= 11 is 3.32. The summed E-state index contributed by atoms with van der Waals surface area (Å²) < 4.78 is 41.0. The van der Waals surface area contributed by atoms with Crippen molar-refractivity contribution >= 4 is 15.9 Å². The average Bonchev–Trinajstić information content (AvgIpc) is 2.71. The molecule has 0 aliphatic heterocycles. The summed E-state index contributed by atoms with van der Waals surface area (Å²) in [6.45, 7) is 0. The first-order valence-corrected chi connectivity index (χ1v) is 7.43. The van der Waals surface area contributed by atoms with Gasteiger partial charge in [0, 0.05) is 7.05 Å². The average molecular weight is 355 g/mol. The first-order chi connectivity index (χ1) is 9.34. The molecule has 1 heterocycles. The quantitative estimate of drug-likeness (QED) is 0.906. The topological polar surface area (TPSA) is 42.7 Å². The molecule has 0 amide bonds. The molecular formula is C12H18BrF3N4. The summed E-state index contributed by atoms with van der Waals surface area (Å²) in [6.07, 6.45) is -2.31. The van der Waals surface area contributed by atoms with E-state index >= 15 is 0 Å². The Bertz CT molecular complexity index is 441.